The van der Waals surface area contributed by atoms with E-state index in [1.54, 1.807) is 12.3 Å². The van der Waals surface area contributed by atoms with Crippen LogP contribution in [0.4, 0.5) is 5.95 Å². The van der Waals surface area contributed by atoms with Gasteiger partial charge in [0.2, 0.25) is 5.95 Å². The van der Waals surface area contributed by atoms with Gasteiger partial charge in [0.1, 0.15) is 5.78 Å². The first-order valence-corrected chi connectivity index (χ1v) is 8.36. The summed E-state index contributed by atoms with van der Waals surface area (Å²) < 4.78 is 27.0. The second-order valence-corrected chi connectivity index (χ2v) is 7.63. The van der Waals surface area contributed by atoms with Crippen LogP contribution in [0, 0.1) is 5.41 Å². The molecule has 0 aromatic carbocycles. The monoisotopic (exact) mass is 311 g/mol. The molecule has 3 rings (SSSR count). The van der Waals surface area contributed by atoms with Crippen molar-refractivity contribution in [3.63, 3.8) is 0 Å². The van der Waals surface area contributed by atoms with Crippen molar-refractivity contribution in [1.82, 2.24) is 9.97 Å². The Morgan fingerprint density at radius 3 is 2.71 bits per heavy atom. The minimum Gasteiger partial charge on any atom is -0.340 e. The van der Waals surface area contributed by atoms with Crippen LogP contribution in [0.25, 0.3) is 0 Å². The molecule has 7 nitrogen and oxygen atoms in total. The fourth-order valence-electron chi connectivity index (χ4n) is 2.90. The highest BCUT2D eigenvalue weighted by atomic mass is 32.2. The number of nitrogens with zero attached hydrogens (tertiary/aromatic N) is 3. The summed E-state index contributed by atoms with van der Waals surface area (Å²) >= 11 is 0. The third-order valence-corrected chi connectivity index (χ3v) is 5.25. The van der Waals surface area contributed by atoms with Gasteiger partial charge < -0.3 is 4.90 Å². The van der Waals surface area contributed by atoms with Gasteiger partial charge in [-0.05, 0) is 6.07 Å². The largest absolute Gasteiger partial charge is 0.340 e. The molecule has 1 saturated carbocycles. The topological polar surface area (TPSA) is 89.5 Å². The third-order valence-electron chi connectivity index (χ3n) is 4.04. The molecule has 1 aromatic rings. The number of aryl methyl sites for hydroxylation is 1. The van der Waals surface area contributed by atoms with Gasteiger partial charge in [0.05, 0.1) is 12.9 Å². The van der Waals surface area contributed by atoms with Crippen LogP contribution in [0.15, 0.2) is 12.3 Å². The van der Waals surface area contributed by atoms with Gasteiger partial charge in [-0.3, -0.25) is 8.98 Å². The number of carbonyl (C=O) groups excluding carboxylic acids is 1. The number of anilines is 1. The van der Waals surface area contributed by atoms with E-state index in [9.17, 15) is 13.2 Å². The summed E-state index contributed by atoms with van der Waals surface area (Å²) in [5.41, 5.74) is 0.821. The molecule has 0 N–H and O–H groups in total. The summed E-state index contributed by atoms with van der Waals surface area (Å²) in [5, 5.41) is 0. The smallest absolute Gasteiger partial charge is 0.267 e. The molecule has 0 bridgehead atoms. The molecule has 0 amide bonds. The lowest BCUT2D eigenvalue weighted by molar-refractivity contribution is -0.134. The van der Waals surface area contributed by atoms with Gasteiger partial charge in [-0.1, -0.05) is 0 Å². The normalized spacial score (nSPS) is 20.2. The Balaban J connectivity index is 1.61. The third kappa shape index (κ3) is 2.91. The highest BCUT2D eigenvalue weighted by Crippen LogP contribution is 2.46. The van der Waals surface area contributed by atoms with E-state index in [-0.39, 0.29) is 11.2 Å². The van der Waals surface area contributed by atoms with Crippen LogP contribution in [-0.4, -0.2) is 50.1 Å². The van der Waals surface area contributed by atoms with Gasteiger partial charge in [0.15, 0.2) is 0 Å². The minimum absolute atomic E-state index is 0.0988. The van der Waals surface area contributed by atoms with E-state index in [0.29, 0.717) is 36.7 Å². The van der Waals surface area contributed by atoms with E-state index in [4.69, 9.17) is 0 Å². The molecule has 0 radical (unpaired) electrons. The van der Waals surface area contributed by atoms with Crippen molar-refractivity contribution >= 4 is 21.8 Å². The fourth-order valence-corrected chi connectivity index (χ4v) is 3.53. The Kier molecular flexibility index (Phi) is 3.45. The van der Waals surface area contributed by atoms with Gasteiger partial charge in [0.25, 0.3) is 10.1 Å². The Labute approximate surface area is 123 Å². The van der Waals surface area contributed by atoms with Crippen molar-refractivity contribution < 1.29 is 17.4 Å². The molecule has 1 aromatic heterocycles. The number of hydrogen-bond acceptors (Lipinski definition) is 7. The van der Waals surface area contributed by atoms with Gasteiger partial charge in [-0.2, -0.15) is 8.42 Å². The standard InChI is InChI=1S/C13H17N3O4S/c1-20-21(18,19)5-3-10-2-4-14-12(15-10)16-8-13(9-16)6-11(17)7-13/h2,4H,3,5-9H2,1H3. The summed E-state index contributed by atoms with van der Waals surface area (Å²) in [5.74, 6) is 0.833. The van der Waals surface area contributed by atoms with Crippen molar-refractivity contribution in [1.29, 1.82) is 0 Å². The molecule has 114 valence electrons. The predicted octanol–water partition coefficient (Wildman–Crippen LogP) is 0.165. The fraction of sp³-hybridized carbons (Fsp3) is 0.615. The summed E-state index contributed by atoms with van der Waals surface area (Å²) in [6.45, 7) is 1.61. The molecule has 2 fully saturated rings. The number of aromatic nitrogens is 2. The number of rotatable bonds is 5. The van der Waals surface area contributed by atoms with Crippen molar-refractivity contribution in [2.45, 2.75) is 19.3 Å². The first-order chi connectivity index (χ1) is 9.91. The first-order valence-electron chi connectivity index (χ1n) is 6.78. The SMILES string of the molecule is COS(=O)(=O)CCc1ccnc(N2CC3(CC(=O)C3)C2)n1. The highest BCUT2D eigenvalue weighted by Gasteiger charge is 2.52. The van der Waals surface area contributed by atoms with Crippen LogP contribution < -0.4 is 4.90 Å². The van der Waals surface area contributed by atoms with Gasteiger partial charge >= 0.3 is 0 Å². The van der Waals surface area contributed by atoms with Crippen LogP contribution in [-0.2, 0) is 25.5 Å². The molecule has 8 heteroatoms. The lowest BCUT2D eigenvalue weighted by atomic mass is 9.63. The molecule has 2 heterocycles. The summed E-state index contributed by atoms with van der Waals surface area (Å²) in [4.78, 5) is 21.7. The number of ketones is 1. The maximum atomic E-state index is 11.3. The average molecular weight is 311 g/mol. The molecule has 1 aliphatic heterocycles. The molecule has 1 spiro atoms. The molecule has 0 atom stereocenters. The first kappa shape index (κ1) is 14.4. The highest BCUT2D eigenvalue weighted by molar-refractivity contribution is 7.86. The molecule has 0 unspecified atom stereocenters. The number of Topliss-reactive ketones (excluding diaryl/α,β-unsaturated/α-hetero) is 1. The summed E-state index contributed by atoms with van der Waals surface area (Å²) in [7, 11) is -2.32. The predicted molar refractivity (Wildman–Crippen MR) is 75.4 cm³/mol. The minimum atomic E-state index is -3.47. The van der Waals surface area contributed by atoms with E-state index in [1.165, 1.54) is 0 Å². The van der Waals surface area contributed by atoms with E-state index < -0.39 is 10.1 Å². The Bertz CT molecular complexity index is 658. The van der Waals surface area contributed by atoms with Crippen LogP contribution in [0.3, 0.4) is 0 Å². The summed E-state index contributed by atoms with van der Waals surface area (Å²) in [6, 6.07) is 1.71. The second-order valence-electron chi connectivity index (χ2n) is 5.77. The van der Waals surface area contributed by atoms with Crippen molar-refractivity contribution in [3.8, 4) is 0 Å². The van der Waals surface area contributed by atoms with Crippen LogP contribution >= 0.6 is 0 Å². The Morgan fingerprint density at radius 2 is 2.10 bits per heavy atom. The van der Waals surface area contributed by atoms with Crippen molar-refractivity contribution in [3.05, 3.63) is 18.0 Å². The van der Waals surface area contributed by atoms with Crippen molar-refractivity contribution in [2.24, 2.45) is 5.41 Å². The molecular weight excluding hydrogens is 294 g/mol. The molecule has 1 saturated heterocycles. The Hall–Kier alpha value is -1.54. The quantitative estimate of drug-likeness (QED) is 0.716. The van der Waals surface area contributed by atoms with E-state index in [0.717, 1.165) is 20.2 Å². The maximum Gasteiger partial charge on any atom is 0.267 e. The van der Waals surface area contributed by atoms with Crippen LogP contribution in [0.1, 0.15) is 18.5 Å². The van der Waals surface area contributed by atoms with Gasteiger partial charge in [-0.15, -0.1) is 0 Å². The molecule has 2 aliphatic rings. The zero-order valence-corrected chi connectivity index (χ0v) is 12.6. The second kappa shape index (κ2) is 5.03. The zero-order valence-electron chi connectivity index (χ0n) is 11.8. The zero-order chi connectivity index (χ0) is 15.1. The van der Waals surface area contributed by atoms with Gasteiger partial charge in [0, 0.05) is 49.7 Å². The van der Waals surface area contributed by atoms with Crippen LogP contribution in [0.5, 0.6) is 0 Å². The molecule has 21 heavy (non-hydrogen) atoms. The van der Waals surface area contributed by atoms with Gasteiger partial charge in [-0.25, -0.2) is 9.97 Å². The van der Waals surface area contributed by atoms with E-state index in [1.807, 2.05) is 4.90 Å². The van der Waals surface area contributed by atoms with E-state index >= 15 is 0 Å². The number of hydrogen-bond donors (Lipinski definition) is 0. The summed E-state index contributed by atoms with van der Waals surface area (Å²) in [6.07, 6.45) is 3.25. The molecular formula is C13H17N3O4S. The number of carbonyl (C=O) groups is 1. The van der Waals surface area contributed by atoms with Crippen molar-refractivity contribution in [2.75, 3.05) is 30.9 Å². The maximum absolute atomic E-state index is 11.3. The van der Waals surface area contributed by atoms with Crippen LogP contribution in [0.2, 0.25) is 0 Å². The molecule has 1 aliphatic carbocycles. The Morgan fingerprint density at radius 1 is 1.38 bits per heavy atom. The average Bonchev–Trinajstić information content (AvgIpc) is 2.39. The van der Waals surface area contributed by atoms with E-state index in [2.05, 4.69) is 14.2 Å². The lowest BCUT2D eigenvalue weighted by Gasteiger charge is -2.54. The lowest BCUT2D eigenvalue weighted by Crippen LogP contribution is -2.63.